The van der Waals surface area contributed by atoms with Crippen LogP contribution in [0.2, 0.25) is 5.02 Å². The van der Waals surface area contributed by atoms with Gasteiger partial charge < -0.3 is 10.1 Å². The van der Waals surface area contributed by atoms with Gasteiger partial charge in [0.25, 0.3) is 0 Å². The summed E-state index contributed by atoms with van der Waals surface area (Å²) in [5.41, 5.74) is 0.855. The molecule has 2 aromatic rings. The summed E-state index contributed by atoms with van der Waals surface area (Å²) in [7, 11) is 3.39. The molecule has 88 valence electrons. The van der Waals surface area contributed by atoms with E-state index in [1.165, 1.54) is 0 Å². The molecule has 1 heterocycles. The van der Waals surface area contributed by atoms with Gasteiger partial charge in [0.2, 0.25) is 0 Å². The largest absolute Gasteiger partial charge is 0.495 e. The number of nitrogens with one attached hydrogen (secondary N) is 1. The van der Waals surface area contributed by atoms with E-state index in [1.54, 1.807) is 31.5 Å². The maximum atomic E-state index is 6.06. The van der Waals surface area contributed by atoms with E-state index < -0.39 is 0 Å². The molecule has 0 aliphatic carbocycles. The van der Waals surface area contributed by atoms with Crippen LogP contribution in [0.4, 0.5) is 5.82 Å². The van der Waals surface area contributed by atoms with E-state index in [-0.39, 0.29) is 0 Å². The van der Waals surface area contributed by atoms with E-state index in [2.05, 4.69) is 15.3 Å². The summed E-state index contributed by atoms with van der Waals surface area (Å²) >= 11 is 6.06. The smallest absolute Gasteiger partial charge is 0.161 e. The molecule has 1 N–H and O–H groups in total. The van der Waals surface area contributed by atoms with Gasteiger partial charge in [-0.3, -0.25) is 0 Å². The fraction of sp³-hybridized carbons (Fsp3) is 0.167. The lowest BCUT2D eigenvalue weighted by Crippen LogP contribution is -1.95. The SMILES string of the molecule is CNc1ccnc(-c2ccc(OC)c(Cl)c2)n1. The first kappa shape index (κ1) is 11.7. The molecule has 0 unspecified atom stereocenters. The number of nitrogens with zero attached hydrogens (tertiary/aromatic N) is 2. The minimum atomic E-state index is 0.545. The molecule has 0 spiro atoms. The molecule has 0 amide bonds. The molecular weight excluding hydrogens is 238 g/mol. The highest BCUT2D eigenvalue weighted by atomic mass is 35.5. The summed E-state index contributed by atoms with van der Waals surface area (Å²) in [6, 6.07) is 7.26. The average molecular weight is 250 g/mol. The van der Waals surface area contributed by atoms with Crippen molar-refractivity contribution in [2.75, 3.05) is 19.5 Å². The van der Waals surface area contributed by atoms with Gasteiger partial charge in [-0.25, -0.2) is 9.97 Å². The lowest BCUT2D eigenvalue weighted by Gasteiger charge is -2.06. The van der Waals surface area contributed by atoms with Gasteiger partial charge in [-0.1, -0.05) is 11.6 Å². The zero-order valence-electron chi connectivity index (χ0n) is 9.57. The molecule has 0 aliphatic rings. The first-order valence-corrected chi connectivity index (χ1v) is 5.47. The van der Waals surface area contributed by atoms with Crippen molar-refractivity contribution < 1.29 is 4.74 Å². The number of benzene rings is 1. The highest BCUT2D eigenvalue weighted by molar-refractivity contribution is 6.32. The summed E-state index contributed by atoms with van der Waals surface area (Å²) in [5.74, 6) is 2.03. The van der Waals surface area contributed by atoms with Crippen molar-refractivity contribution in [1.82, 2.24) is 9.97 Å². The molecule has 1 aromatic heterocycles. The van der Waals surface area contributed by atoms with Crippen LogP contribution in [0.25, 0.3) is 11.4 Å². The highest BCUT2D eigenvalue weighted by Crippen LogP contribution is 2.28. The van der Waals surface area contributed by atoms with Crippen LogP contribution >= 0.6 is 11.6 Å². The van der Waals surface area contributed by atoms with Crippen molar-refractivity contribution in [3.8, 4) is 17.1 Å². The fourth-order valence-corrected chi connectivity index (χ4v) is 1.70. The Hall–Kier alpha value is -1.81. The standard InChI is InChI=1S/C12H12ClN3O/c1-14-11-5-6-15-12(16-11)8-3-4-10(17-2)9(13)7-8/h3-7H,1-2H3,(H,14,15,16). The molecule has 17 heavy (non-hydrogen) atoms. The zero-order chi connectivity index (χ0) is 12.3. The maximum absolute atomic E-state index is 6.06. The second kappa shape index (κ2) is 5.01. The van der Waals surface area contributed by atoms with Crippen LogP contribution in [0.15, 0.2) is 30.5 Å². The number of anilines is 1. The number of methoxy groups -OCH3 is 1. The van der Waals surface area contributed by atoms with Gasteiger partial charge in [-0.05, 0) is 24.3 Å². The Labute approximate surface area is 105 Å². The number of halogens is 1. The molecule has 2 rings (SSSR count). The van der Waals surface area contributed by atoms with Crippen LogP contribution in [0.5, 0.6) is 5.75 Å². The predicted molar refractivity (Wildman–Crippen MR) is 68.6 cm³/mol. The molecular formula is C12H12ClN3O. The Balaban J connectivity index is 2.42. The predicted octanol–water partition coefficient (Wildman–Crippen LogP) is 2.85. The first-order chi connectivity index (χ1) is 8.24. The Bertz CT molecular complexity index is 531. The lowest BCUT2D eigenvalue weighted by atomic mass is 10.2. The number of aromatic nitrogens is 2. The van der Waals surface area contributed by atoms with E-state index >= 15 is 0 Å². The zero-order valence-corrected chi connectivity index (χ0v) is 10.3. The molecule has 0 bridgehead atoms. The van der Waals surface area contributed by atoms with Gasteiger partial charge in [0.15, 0.2) is 5.82 Å². The second-order valence-electron chi connectivity index (χ2n) is 3.36. The summed E-state index contributed by atoms with van der Waals surface area (Å²) in [6.45, 7) is 0. The monoisotopic (exact) mass is 249 g/mol. The quantitative estimate of drug-likeness (QED) is 0.909. The topological polar surface area (TPSA) is 47.0 Å². The minimum absolute atomic E-state index is 0.545. The second-order valence-corrected chi connectivity index (χ2v) is 3.77. The van der Waals surface area contributed by atoms with Crippen molar-refractivity contribution >= 4 is 17.4 Å². The van der Waals surface area contributed by atoms with Gasteiger partial charge in [0, 0.05) is 18.8 Å². The number of hydrogen-bond donors (Lipinski definition) is 1. The van der Waals surface area contributed by atoms with Crippen molar-refractivity contribution in [2.24, 2.45) is 0 Å². The number of rotatable bonds is 3. The van der Waals surface area contributed by atoms with Crippen LogP contribution in [0, 0.1) is 0 Å². The third-order valence-electron chi connectivity index (χ3n) is 2.32. The molecule has 4 nitrogen and oxygen atoms in total. The fourth-order valence-electron chi connectivity index (χ4n) is 1.44. The third kappa shape index (κ3) is 2.47. The third-order valence-corrected chi connectivity index (χ3v) is 2.62. The van der Waals surface area contributed by atoms with Crippen LogP contribution in [0.3, 0.4) is 0 Å². The van der Waals surface area contributed by atoms with E-state index in [9.17, 15) is 0 Å². The van der Waals surface area contributed by atoms with Gasteiger partial charge in [0.1, 0.15) is 11.6 Å². The highest BCUT2D eigenvalue weighted by Gasteiger charge is 2.06. The summed E-state index contributed by atoms with van der Waals surface area (Å²) in [6.07, 6.45) is 1.70. The number of ether oxygens (including phenoxy) is 1. The molecule has 0 fully saturated rings. The van der Waals surface area contributed by atoms with Crippen LogP contribution in [-0.4, -0.2) is 24.1 Å². The molecule has 0 aliphatic heterocycles. The summed E-state index contributed by atoms with van der Waals surface area (Å²) < 4.78 is 5.10. The molecule has 1 aromatic carbocycles. The summed E-state index contributed by atoms with van der Waals surface area (Å²) in [5, 5.41) is 3.51. The van der Waals surface area contributed by atoms with Crippen molar-refractivity contribution in [2.45, 2.75) is 0 Å². The Morgan fingerprint density at radius 2 is 2.12 bits per heavy atom. The van der Waals surface area contributed by atoms with Crippen molar-refractivity contribution in [3.05, 3.63) is 35.5 Å². The summed E-state index contributed by atoms with van der Waals surface area (Å²) in [4.78, 5) is 8.54. The van der Waals surface area contributed by atoms with Gasteiger partial charge in [0.05, 0.1) is 12.1 Å². The maximum Gasteiger partial charge on any atom is 0.161 e. The van der Waals surface area contributed by atoms with E-state index in [0.717, 1.165) is 11.4 Å². The first-order valence-electron chi connectivity index (χ1n) is 5.09. The lowest BCUT2D eigenvalue weighted by molar-refractivity contribution is 0.415. The van der Waals surface area contributed by atoms with Crippen molar-refractivity contribution in [3.63, 3.8) is 0 Å². The molecule has 0 saturated carbocycles. The van der Waals surface area contributed by atoms with Gasteiger partial charge in [-0.2, -0.15) is 0 Å². The normalized spacial score (nSPS) is 10.1. The minimum Gasteiger partial charge on any atom is -0.495 e. The Kier molecular flexibility index (Phi) is 3.44. The van der Waals surface area contributed by atoms with E-state index in [4.69, 9.17) is 16.3 Å². The van der Waals surface area contributed by atoms with Crippen molar-refractivity contribution in [1.29, 1.82) is 0 Å². The average Bonchev–Trinajstić information content (AvgIpc) is 2.38. The van der Waals surface area contributed by atoms with E-state index in [1.807, 2.05) is 13.1 Å². The Morgan fingerprint density at radius 1 is 1.29 bits per heavy atom. The van der Waals surface area contributed by atoms with Crippen LogP contribution in [0.1, 0.15) is 0 Å². The number of hydrogen-bond acceptors (Lipinski definition) is 4. The molecule has 0 saturated heterocycles. The van der Waals surface area contributed by atoms with E-state index in [0.29, 0.717) is 16.6 Å². The van der Waals surface area contributed by atoms with Crippen LogP contribution in [-0.2, 0) is 0 Å². The molecule has 0 radical (unpaired) electrons. The molecule has 0 atom stereocenters. The van der Waals surface area contributed by atoms with Gasteiger partial charge in [-0.15, -0.1) is 0 Å². The van der Waals surface area contributed by atoms with Gasteiger partial charge >= 0.3 is 0 Å². The van der Waals surface area contributed by atoms with Crippen LogP contribution < -0.4 is 10.1 Å². The molecule has 5 heteroatoms. The Morgan fingerprint density at radius 3 is 2.76 bits per heavy atom.